The highest BCUT2D eigenvalue weighted by molar-refractivity contribution is 5.91. The number of rotatable bonds is 4. The number of aromatic amines is 1. The summed E-state index contributed by atoms with van der Waals surface area (Å²) in [6.45, 7) is 3.69. The van der Waals surface area contributed by atoms with Gasteiger partial charge in [0, 0.05) is 23.4 Å². The van der Waals surface area contributed by atoms with Gasteiger partial charge >= 0.3 is 0 Å². The van der Waals surface area contributed by atoms with Crippen molar-refractivity contribution in [2.75, 3.05) is 0 Å². The van der Waals surface area contributed by atoms with E-state index in [0.29, 0.717) is 22.8 Å². The lowest BCUT2D eigenvalue weighted by molar-refractivity contribution is -0.384. The SMILES string of the molecule is Cc1nn(-c2cccc([N+](=O)[O-])c2)c(C)c1/C=C(/C#N)c1nc2ccccc2[nH]1. The molecule has 0 aliphatic rings. The second-order valence-corrected chi connectivity index (χ2v) is 6.55. The van der Waals surface area contributed by atoms with Gasteiger partial charge in [-0.1, -0.05) is 18.2 Å². The van der Waals surface area contributed by atoms with Crippen LogP contribution in [0, 0.1) is 35.3 Å². The molecule has 0 aliphatic carbocycles. The van der Waals surface area contributed by atoms with E-state index in [9.17, 15) is 15.4 Å². The molecule has 2 aromatic heterocycles. The minimum Gasteiger partial charge on any atom is -0.337 e. The summed E-state index contributed by atoms with van der Waals surface area (Å²) in [6.07, 6.45) is 1.74. The molecular weight excluding hydrogens is 368 g/mol. The maximum Gasteiger partial charge on any atom is 0.271 e. The zero-order valence-electron chi connectivity index (χ0n) is 15.7. The fourth-order valence-electron chi connectivity index (χ4n) is 3.23. The number of hydrogen-bond acceptors (Lipinski definition) is 5. The zero-order valence-corrected chi connectivity index (χ0v) is 15.7. The number of para-hydroxylation sites is 2. The second kappa shape index (κ2) is 7.05. The summed E-state index contributed by atoms with van der Waals surface area (Å²) in [5, 5.41) is 25.3. The largest absolute Gasteiger partial charge is 0.337 e. The van der Waals surface area contributed by atoms with Gasteiger partial charge in [-0.25, -0.2) is 9.67 Å². The number of nitriles is 1. The molecule has 8 heteroatoms. The van der Waals surface area contributed by atoms with E-state index < -0.39 is 4.92 Å². The van der Waals surface area contributed by atoms with Gasteiger partial charge in [-0.2, -0.15) is 10.4 Å². The Morgan fingerprint density at radius 1 is 1.24 bits per heavy atom. The number of H-pyrrole nitrogens is 1. The van der Waals surface area contributed by atoms with E-state index in [1.807, 2.05) is 38.1 Å². The summed E-state index contributed by atoms with van der Waals surface area (Å²) in [5.74, 6) is 0.482. The number of allylic oxidation sites excluding steroid dienone is 1. The molecule has 8 nitrogen and oxygen atoms in total. The standard InChI is InChI=1S/C21H16N6O2/c1-13-18(10-15(12-22)21-23-19-8-3-4-9-20(19)24-21)14(2)26(25-13)16-6-5-7-17(11-16)27(28)29/h3-11H,1-2H3,(H,23,24)/b15-10-. The minimum atomic E-state index is -0.439. The van der Waals surface area contributed by atoms with Crippen LogP contribution in [0.5, 0.6) is 0 Å². The third-order valence-electron chi connectivity index (χ3n) is 4.69. The Labute approximate surface area is 165 Å². The Morgan fingerprint density at radius 2 is 2.03 bits per heavy atom. The highest BCUT2D eigenvalue weighted by atomic mass is 16.6. The van der Waals surface area contributed by atoms with E-state index in [-0.39, 0.29) is 5.69 Å². The molecule has 0 atom stereocenters. The van der Waals surface area contributed by atoms with E-state index in [1.165, 1.54) is 12.1 Å². The van der Waals surface area contributed by atoms with Crippen LogP contribution in [0.4, 0.5) is 5.69 Å². The van der Waals surface area contributed by atoms with Crippen LogP contribution < -0.4 is 0 Å². The molecule has 0 fully saturated rings. The second-order valence-electron chi connectivity index (χ2n) is 6.55. The van der Waals surface area contributed by atoms with Crippen LogP contribution in [0.3, 0.4) is 0 Å². The quantitative estimate of drug-likeness (QED) is 0.319. The first-order chi connectivity index (χ1) is 14.0. The molecule has 0 bridgehead atoms. The average molecular weight is 384 g/mol. The first-order valence-corrected chi connectivity index (χ1v) is 8.86. The van der Waals surface area contributed by atoms with Crippen molar-refractivity contribution in [3.63, 3.8) is 0 Å². The first-order valence-electron chi connectivity index (χ1n) is 8.86. The van der Waals surface area contributed by atoms with Crippen molar-refractivity contribution >= 4 is 28.4 Å². The number of hydrogen-bond donors (Lipinski definition) is 1. The lowest BCUT2D eigenvalue weighted by atomic mass is 10.1. The molecule has 0 saturated heterocycles. The smallest absolute Gasteiger partial charge is 0.271 e. The molecular formula is C21H16N6O2. The number of nitro benzene ring substituents is 1. The van der Waals surface area contributed by atoms with Crippen molar-refractivity contribution in [1.82, 2.24) is 19.7 Å². The van der Waals surface area contributed by atoms with Crippen LogP contribution in [-0.2, 0) is 0 Å². The Hall–Kier alpha value is -4.25. The Bertz CT molecular complexity index is 1290. The number of aromatic nitrogens is 4. The molecule has 0 aliphatic heterocycles. The number of nitrogens with one attached hydrogen (secondary N) is 1. The van der Waals surface area contributed by atoms with Gasteiger partial charge in [0.25, 0.3) is 5.69 Å². The first kappa shape index (κ1) is 18.1. The van der Waals surface area contributed by atoms with Gasteiger partial charge < -0.3 is 4.98 Å². The molecule has 142 valence electrons. The van der Waals surface area contributed by atoms with E-state index in [4.69, 9.17) is 0 Å². The number of benzene rings is 2. The summed E-state index contributed by atoms with van der Waals surface area (Å²) < 4.78 is 1.64. The van der Waals surface area contributed by atoms with E-state index in [2.05, 4.69) is 21.1 Å². The topological polar surface area (TPSA) is 113 Å². The zero-order chi connectivity index (χ0) is 20.5. The lowest BCUT2D eigenvalue weighted by Crippen LogP contribution is -2.00. The molecule has 29 heavy (non-hydrogen) atoms. The van der Waals surface area contributed by atoms with Gasteiger partial charge in [-0.3, -0.25) is 10.1 Å². The van der Waals surface area contributed by atoms with Crippen molar-refractivity contribution in [2.24, 2.45) is 0 Å². The number of nitro groups is 1. The Balaban J connectivity index is 1.80. The van der Waals surface area contributed by atoms with Crippen LogP contribution in [0.1, 0.15) is 22.8 Å². The van der Waals surface area contributed by atoms with Crippen molar-refractivity contribution < 1.29 is 4.92 Å². The highest BCUT2D eigenvalue weighted by Crippen LogP contribution is 2.25. The fourth-order valence-corrected chi connectivity index (χ4v) is 3.23. The van der Waals surface area contributed by atoms with Gasteiger partial charge in [-0.15, -0.1) is 0 Å². The third-order valence-corrected chi connectivity index (χ3v) is 4.69. The molecule has 2 heterocycles. The summed E-state index contributed by atoms with van der Waals surface area (Å²) >= 11 is 0. The molecule has 0 saturated carbocycles. The van der Waals surface area contributed by atoms with Crippen LogP contribution in [-0.4, -0.2) is 24.7 Å². The maximum absolute atomic E-state index is 11.1. The van der Waals surface area contributed by atoms with Crippen molar-refractivity contribution in [1.29, 1.82) is 5.26 Å². The third kappa shape index (κ3) is 3.26. The van der Waals surface area contributed by atoms with E-state index >= 15 is 0 Å². The molecule has 0 spiro atoms. The Morgan fingerprint density at radius 3 is 2.76 bits per heavy atom. The lowest BCUT2D eigenvalue weighted by Gasteiger charge is -2.04. The molecule has 0 amide bonds. The summed E-state index contributed by atoms with van der Waals surface area (Å²) in [5.41, 5.74) is 4.84. The number of fused-ring (bicyclic) bond motifs is 1. The predicted octanol–water partition coefficient (Wildman–Crippen LogP) is 4.34. The maximum atomic E-state index is 11.1. The molecule has 1 N–H and O–H groups in total. The van der Waals surface area contributed by atoms with Crippen molar-refractivity contribution in [2.45, 2.75) is 13.8 Å². The molecule has 4 aromatic rings. The number of nitrogens with zero attached hydrogens (tertiary/aromatic N) is 5. The molecule has 0 unspecified atom stereocenters. The van der Waals surface area contributed by atoms with Gasteiger partial charge in [0.1, 0.15) is 11.9 Å². The van der Waals surface area contributed by atoms with Crippen LogP contribution >= 0.6 is 0 Å². The molecule has 4 rings (SSSR count). The van der Waals surface area contributed by atoms with Gasteiger partial charge in [-0.05, 0) is 38.1 Å². The van der Waals surface area contributed by atoms with Gasteiger partial charge in [0.2, 0.25) is 0 Å². The fraction of sp³-hybridized carbons (Fsp3) is 0.0952. The normalized spacial score (nSPS) is 11.6. The minimum absolute atomic E-state index is 0.00728. The van der Waals surface area contributed by atoms with Crippen molar-refractivity contribution in [3.05, 3.63) is 81.4 Å². The van der Waals surface area contributed by atoms with Crippen LogP contribution in [0.25, 0.3) is 28.4 Å². The average Bonchev–Trinajstić information content (AvgIpc) is 3.27. The molecule has 2 aromatic carbocycles. The van der Waals surface area contributed by atoms with Crippen molar-refractivity contribution in [3.8, 4) is 11.8 Å². The number of non-ortho nitro benzene ring substituents is 1. The summed E-state index contributed by atoms with van der Waals surface area (Å²) in [4.78, 5) is 18.3. The predicted molar refractivity (Wildman–Crippen MR) is 109 cm³/mol. The van der Waals surface area contributed by atoms with Gasteiger partial charge in [0.05, 0.1) is 32.9 Å². The summed E-state index contributed by atoms with van der Waals surface area (Å²) in [7, 11) is 0. The molecule has 0 radical (unpaired) electrons. The van der Waals surface area contributed by atoms with E-state index in [1.54, 1.807) is 22.9 Å². The Kier molecular flexibility index (Phi) is 4.41. The number of imidazole rings is 1. The monoisotopic (exact) mass is 384 g/mol. The summed E-state index contributed by atoms with van der Waals surface area (Å²) in [6, 6.07) is 16.0. The van der Waals surface area contributed by atoms with E-state index in [0.717, 1.165) is 22.3 Å². The van der Waals surface area contributed by atoms with Crippen LogP contribution in [0.15, 0.2) is 48.5 Å². The highest BCUT2D eigenvalue weighted by Gasteiger charge is 2.16. The van der Waals surface area contributed by atoms with Gasteiger partial charge in [0.15, 0.2) is 0 Å². The van der Waals surface area contributed by atoms with Crippen LogP contribution in [0.2, 0.25) is 0 Å². The number of aryl methyl sites for hydroxylation is 1.